The van der Waals surface area contributed by atoms with Gasteiger partial charge in [-0.3, -0.25) is 0 Å². The summed E-state index contributed by atoms with van der Waals surface area (Å²) in [5, 5.41) is 9.81. The van der Waals surface area contributed by atoms with Crippen LogP contribution in [0, 0.1) is 12.7 Å². The van der Waals surface area contributed by atoms with Gasteiger partial charge in [0.15, 0.2) is 0 Å². The van der Waals surface area contributed by atoms with Crippen molar-refractivity contribution < 1.29 is 9.50 Å². The summed E-state index contributed by atoms with van der Waals surface area (Å²) < 4.78 is 13.6. The van der Waals surface area contributed by atoms with Crippen LogP contribution in [-0.4, -0.2) is 18.2 Å². The molecule has 0 radical (unpaired) electrons. The summed E-state index contributed by atoms with van der Waals surface area (Å²) in [5.41, 5.74) is 3.57. The molecule has 0 spiro atoms. The fraction of sp³-hybridized carbons (Fsp3) is 0.467. The minimum Gasteiger partial charge on any atom is -0.389 e. The van der Waals surface area contributed by atoms with Crippen LogP contribution < -0.4 is 4.90 Å². The number of anilines is 1. The van der Waals surface area contributed by atoms with Gasteiger partial charge < -0.3 is 10.0 Å². The molecule has 0 saturated carbocycles. The first-order valence-electron chi connectivity index (χ1n) is 6.37. The molecule has 1 atom stereocenters. The number of nitrogens with zero attached hydrogens (tertiary/aromatic N) is 1. The SMILES string of the molecule is CC1=CCCN(c2cc(C)c(F)cc2[C@H](C)O)C1. The standard InChI is InChI=1S/C15H20FNO/c1-10-5-4-6-17(9-10)15-7-11(2)14(16)8-13(15)12(3)18/h5,7-8,12,18H,4,6,9H2,1-3H3/t12-/m0/s1. The summed E-state index contributed by atoms with van der Waals surface area (Å²) in [6.45, 7) is 7.31. The number of aliphatic hydroxyl groups is 1. The van der Waals surface area contributed by atoms with E-state index >= 15 is 0 Å². The Bertz CT molecular complexity index is 480. The molecule has 1 aromatic carbocycles. The third-order valence-corrected chi connectivity index (χ3v) is 3.43. The van der Waals surface area contributed by atoms with Gasteiger partial charge in [0, 0.05) is 24.3 Å². The Balaban J connectivity index is 2.42. The summed E-state index contributed by atoms with van der Waals surface area (Å²) in [6.07, 6.45) is 2.58. The highest BCUT2D eigenvalue weighted by molar-refractivity contribution is 5.58. The monoisotopic (exact) mass is 249 g/mol. The number of hydrogen-bond acceptors (Lipinski definition) is 2. The summed E-state index contributed by atoms with van der Waals surface area (Å²) in [7, 11) is 0. The number of aliphatic hydroxyl groups excluding tert-OH is 1. The lowest BCUT2D eigenvalue weighted by Crippen LogP contribution is -2.30. The van der Waals surface area contributed by atoms with E-state index in [2.05, 4.69) is 17.9 Å². The van der Waals surface area contributed by atoms with Gasteiger partial charge in [-0.2, -0.15) is 0 Å². The Hall–Kier alpha value is -1.35. The van der Waals surface area contributed by atoms with E-state index in [0.717, 1.165) is 25.2 Å². The van der Waals surface area contributed by atoms with Crippen molar-refractivity contribution in [2.75, 3.05) is 18.0 Å². The quantitative estimate of drug-likeness (QED) is 0.813. The minimum absolute atomic E-state index is 0.251. The fourth-order valence-electron chi connectivity index (χ4n) is 2.41. The minimum atomic E-state index is -0.652. The zero-order valence-electron chi connectivity index (χ0n) is 11.2. The maximum absolute atomic E-state index is 13.6. The second-order valence-corrected chi connectivity index (χ2v) is 5.10. The lowest BCUT2D eigenvalue weighted by molar-refractivity contribution is 0.199. The largest absolute Gasteiger partial charge is 0.389 e. The second-order valence-electron chi connectivity index (χ2n) is 5.10. The number of benzene rings is 1. The van der Waals surface area contributed by atoms with E-state index in [1.165, 1.54) is 11.6 Å². The van der Waals surface area contributed by atoms with E-state index in [1.54, 1.807) is 13.8 Å². The van der Waals surface area contributed by atoms with Crippen molar-refractivity contribution in [3.63, 3.8) is 0 Å². The Morgan fingerprint density at radius 1 is 1.33 bits per heavy atom. The topological polar surface area (TPSA) is 23.5 Å². The summed E-state index contributed by atoms with van der Waals surface area (Å²) >= 11 is 0. The van der Waals surface area contributed by atoms with Crippen LogP contribution in [0.2, 0.25) is 0 Å². The smallest absolute Gasteiger partial charge is 0.126 e. The lowest BCUT2D eigenvalue weighted by Gasteiger charge is -2.31. The van der Waals surface area contributed by atoms with Crippen molar-refractivity contribution in [3.05, 3.63) is 40.7 Å². The Kier molecular flexibility index (Phi) is 3.71. The molecule has 0 amide bonds. The molecule has 0 bridgehead atoms. The molecular weight excluding hydrogens is 229 g/mol. The third-order valence-electron chi connectivity index (χ3n) is 3.43. The predicted octanol–water partition coefficient (Wildman–Crippen LogP) is 3.34. The molecule has 98 valence electrons. The van der Waals surface area contributed by atoms with E-state index in [9.17, 15) is 9.50 Å². The molecule has 0 fully saturated rings. The highest BCUT2D eigenvalue weighted by Crippen LogP contribution is 2.31. The van der Waals surface area contributed by atoms with Gasteiger partial charge >= 0.3 is 0 Å². The second kappa shape index (κ2) is 5.11. The molecule has 0 aliphatic carbocycles. The Labute approximate surface area is 108 Å². The van der Waals surface area contributed by atoms with Gasteiger partial charge in [0.1, 0.15) is 5.82 Å². The van der Waals surface area contributed by atoms with Gasteiger partial charge in [0.25, 0.3) is 0 Å². The molecule has 1 N–H and O–H groups in total. The van der Waals surface area contributed by atoms with Crippen molar-refractivity contribution in [3.8, 4) is 0 Å². The number of aryl methyl sites for hydroxylation is 1. The zero-order valence-corrected chi connectivity index (χ0v) is 11.2. The number of rotatable bonds is 2. The zero-order chi connectivity index (χ0) is 13.3. The Morgan fingerprint density at radius 2 is 2.06 bits per heavy atom. The van der Waals surface area contributed by atoms with Crippen molar-refractivity contribution >= 4 is 5.69 Å². The molecule has 1 aromatic rings. The van der Waals surface area contributed by atoms with E-state index in [1.807, 2.05) is 6.07 Å². The third kappa shape index (κ3) is 2.56. The average Bonchev–Trinajstić information content (AvgIpc) is 2.31. The summed E-state index contributed by atoms with van der Waals surface area (Å²) in [5.74, 6) is -0.251. The van der Waals surface area contributed by atoms with Crippen LogP contribution in [0.15, 0.2) is 23.8 Å². The first-order chi connectivity index (χ1) is 8.49. The highest BCUT2D eigenvalue weighted by Gasteiger charge is 2.18. The maximum Gasteiger partial charge on any atom is 0.126 e. The van der Waals surface area contributed by atoms with Crippen molar-refractivity contribution in [2.45, 2.75) is 33.3 Å². The molecular formula is C15H20FNO. The molecule has 1 aliphatic heterocycles. The molecule has 2 nitrogen and oxygen atoms in total. The lowest BCUT2D eigenvalue weighted by atomic mass is 10.0. The van der Waals surface area contributed by atoms with Crippen LogP contribution in [0.25, 0.3) is 0 Å². The van der Waals surface area contributed by atoms with Crippen LogP contribution >= 0.6 is 0 Å². The van der Waals surface area contributed by atoms with Gasteiger partial charge in [-0.05, 0) is 44.9 Å². The Morgan fingerprint density at radius 3 is 2.67 bits per heavy atom. The summed E-state index contributed by atoms with van der Waals surface area (Å²) in [4.78, 5) is 2.21. The normalized spacial score (nSPS) is 17.6. The number of halogens is 1. The van der Waals surface area contributed by atoms with Gasteiger partial charge in [-0.1, -0.05) is 11.6 Å². The van der Waals surface area contributed by atoms with Crippen LogP contribution in [0.1, 0.15) is 37.5 Å². The maximum atomic E-state index is 13.6. The average molecular weight is 249 g/mol. The van der Waals surface area contributed by atoms with E-state index in [4.69, 9.17) is 0 Å². The first-order valence-corrected chi connectivity index (χ1v) is 6.37. The molecule has 0 unspecified atom stereocenters. The molecule has 1 aliphatic rings. The molecule has 2 rings (SSSR count). The van der Waals surface area contributed by atoms with E-state index < -0.39 is 6.10 Å². The molecule has 18 heavy (non-hydrogen) atoms. The molecule has 0 saturated heterocycles. The van der Waals surface area contributed by atoms with Gasteiger partial charge in [0.2, 0.25) is 0 Å². The first kappa shape index (κ1) is 13.1. The summed E-state index contributed by atoms with van der Waals surface area (Å²) in [6, 6.07) is 3.30. The molecule has 0 aromatic heterocycles. The van der Waals surface area contributed by atoms with Gasteiger partial charge in [0.05, 0.1) is 6.10 Å². The van der Waals surface area contributed by atoms with Crippen molar-refractivity contribution in [2.24, 2.45) is 0 Å². The van der Waals surface area contributed by atoms with Crippen molar-refractivity contribution in [1.82, 2.24) is 0 Å². The van der Waals surface area contributed by atoms with Crippen LogP contribution in [-0.2, 0) is 0 Å². The van der Waals surface area contributed by atoms with Crippen LogP contribution in [0.5, 0.6) is 0 Å². The highest BCUT2D eigenvalue weighted by atomic mass is 19.1. The molecule has 1 heterocycles. The van der Waals surface area contributed by atoms with Crippen LogP contribution in [0.3, 0.4) is 0 Å². The number of hydrogen-bond donors (Lipinski definition) is 1. The van der Waals surface area contributed by atoms with Gasteiger partial charge in [-0.25, -0.2) is 4.39 Å². The predicted molar refractivity (Wildman–Crippen MR) is 72.4 cm³/mol. The van der Waals surface area contributed by atoms with E-state index in [0.29, 0.717) is 11.1 Å². The molecule has 3 heteroatoms. The van der Waals surface area contributed by atoms with Crippen molar-refractivity contribution in [1.29, 1.82) is 0 Å². The fourth-order valence-corrected chi connectivity index (χ4v) is 2.41. The van der Waals surface area contributed by atoms with Gasteiger partial charge in [-0.15, -0.1) is 0 Å². The van der Waals surface area contributed by atoms with E-state index in [-0.39, 0.29) is 5.82 Å². The van der Waals surface area contributed by atoms with Crippen LogP contribution in [0.4, 0.5) is 10.1 Å².